The van der Waals surface area contributed by atoms with Crippen LogP contribution in [0.1, 0.15) is 121 Å². The number of benzene rings is 2. The maximum absolute atomic E-state index is 14.1. The van der Waals surface area contributed by atoms with Gasteiger partial charge in [-0.3, -0.25) is 25.1 Å². The number of hydrogen-bond acceptors (Lipinski definition) is 13. The fourth-order valence-corrected chi connectivity index (χ4v) is 5.75. The summed E-state index contributed by atoms with van der Waals surface area (Å²) in [7, 11) is 0. The molecule has 1 aliphatic carbocycles. The molecule has 15 heteroatoms. The molecule has 3 aromatic rings. The van der Waals surface area contributed by atoms with Crippen molar-refractivity contribution in [2.45, 2.75) is 98.6 Å². The van der Waals surface area contributed by atoms with Gasteiger partial charge >= 0.3 is 24.0 Å². The van der Waals surface area contributed by atoms with Crippen LogP contribution in [0.2, 0.25) is 0 Å². The standard InChI is InChI=1S/C45H54N4O11/c1-9-30-23-34(37(51)22-28-14-16-31(17-15-28)39(46)49-44(56)57-20-10-11-36(50)42(54)60-45(6,7)8)33(21-26(30)4)32-18-19-35(40(52)47-24-29-12-13-29)48-38(32)43(55)59-27(5)58-41(53)25(2)3/h9,14-19,21,23,25,27,29,36,50H,1,10-13,20,22,24H2,2-8H3,(H,47,52)(H2,46,49,56)/t27?,36-/m0/s1. The molecule has 60 heavy (non-hydrogen) atoms. The van der Waals surface area contributed by atoms with Crippen LogP contribution >= 0.6 is 0 Å². The lowest BCUT2D eigenvalue weighted by atomic mass is 9.89. The summed E-state index contributed by atoms with van der Waals surface area (Å²) in [4.78, 5) is 81.9. The number of hydrogen-bond donors (Lipinski definition) is 4. The van der Waals surface area contributed by atoms with E-state index >= 15 is 0 Å². The number of carbonyl (C=O) groups is 6. The lowest BCUT2D eigenvalue weighted by Gasteiger charge is -2.21. The molecule has 1 aliphatic rings. The Labute approximate surface area is 349 Å². The van der Waals surface area contributed by atoms with E-state index in [2.05, 4.69) is 22.2 Å². The number of Topliss-reactive ketones (excluding diaryl/α,β-unsaturated/α-hetero) is 1. The Morgan fingerprint density at radius 2 is 1.65 bits per heavy atom. The molecule has 1 aromatic heterocycles. The molecule has 1 fully saturated rings. The number of ether oxygens (including phenoxy) is 4. The number of aliphatic hydroxyl groups is 1. The summed E-state index contributed by atoms with van der Waals surface area (Å²) in [5, 5.41) is 23.5. The maximum atomic E-state index is 14.1. The van der Waals surface area contributed by atoms with Crippen LogP contribution in [0.4, 0.5) is 4.79 Å². The number of pyridine rings is 1. The number of ketones is 1. The predicted octanol–water partition coefficient (Wildman–Crippen LogP) is 6.50. The van der Waals surface area contributed by atoms with Gasteiger partial charge in [0.25, 0.3) is 5.91 Å². The summed E-state index contributed by atoms with van der Waals surface area (Å²) in [6.07, 6.45) is 0.213. The highest BCUT2D eigenvalue weighted by molar-refractivity contribution is 6.08. The minimum Gasteiger partial charge on any atom is -0.458 e. The SMILES string of the molecule is C=Cc1cc(C(=O)Cc2ccc(C(=N)NC(=O)OCCC[C@H](O)C(=O)OC(C)(C)C)cc2)c(-c2ccc(C(=O)NCC3CC3)nc2C(=O)OC(C)OC(=O)C(C)C)cc1C. The van der Waals surface area contributed by atoms with Gasteiger partial charge in [-0.2, -0.15) is 0 Å². The predicted molar refractivity (Wildman–Crippen MR) is 222 cm³/mol. The number of rotatable bonds is 18. The second-order valence-electron chi connectivity index (χ2n) is 15.9. The lowest BCUT2D eigenvalue weighted by Crippen LogP contribution is -2.33. The second kappa shape index (κ2) is 20.7. The normalized spacial score (nSPS) is 13.3. The Bertz CT molecular complexity index is 2120. The molecule has 320 valence electrons. The van der Waals surface area contributed by atoms with Gasteiger partial charge in [-0.1, -0.05) is 56.8 Å². The first-order valence-electron chi connectivity index (χ1n) is 19.8. The van der Waals surface area contributed by atoms with Gasteiger partial charge in [0.15, 0.2) is 17.6 Å². The lowest BCUT2D eigenvalue weighted by molar-refractivity contribution is -0.169. The molecular weight excluding hydrogens is 773 g/mol. The Balaban J connectivity index is 1.51. The molecule has 0 saturated heterocycles. The molecular formula is C45H54N4O11. The van der Waals surface area contributed by atoms with Gasteiger partial charge in [-0.25, -0.2) is 19.4 Å². The number of aromatic nitrogens is 1. The van der Waals surface area contributed by atoms with Gasteiger partial charge < -0.3 is 29.4 Å². The highest BCUT2D eigenvalue weighted by Gasteiger charge is 2.28. The van der Waals surface area contributed by atoms with Crippen molar-refractivity contribution in [2.75, 3.05) is 13.2 Å². The molecule has 2 aromatic carbocycles. The van der Waals surface area contributed by atoms with Crippen molar-refractivity contribution in [1.29, 1.82) is 5.41 Å². The molecule has 1 saturated carbocycles. The van der Waals surface area contributed by atoms with Crippen molar-refractivity contribution in [3.8, 4) is 11.1 Å². The summed E-state index contributed by atoms with van der Waals surface area (Å²) in [5.41, 5.74) is 2.08. The van der Waals surface area contributed by atoms with E-state index in [1.165, 1.54) is 19.1 Å². The van der Waals surface area contributed by atoms with Gasteiger partial charge in [0.05, 0.1) is 12.5 Å². The van der Waals surface area contributed by atoms with Gasteiger partial charge in [-0.15, -0.1) is 0 Å². The number of nitrogens with zero attached hydrogens (tertiary/aromatic N) is 1. The van der Waals surface area contributed by atoms with Crippen molar-refractivity contribution in [1.82, 2.24) is 15.6 Å². The molecule has 4 rings (SSSR count). The number of aliphatic hydroxyl groups excluding tert-OH is 1. The molecule has 2 atom stereocenters. The van der Waals surface area contributed by atoms with Crippen LogP contribution < -0.4 is 10.6 Å². The van der Waals surface area contributed by atoms with Gasteiger partial charge in [0, 0.05) is 36.6 Å². The molecule has 0 spiro atoms. The fraction of sp³-hybridized carbons (Fsp3) is 0.422. The monoisotopic (exact) mass is 826 g/mol. The maximum Gasteiger partial charge on any atom is 0.412 e. The summed E-state index contributed by atoms with van der Waals surface area (Å²) < 4.78 is 21.0. The zero-order chi connectivity index (χ0) is 44.3. The molecule has 0 radical (unpaired) electrons. The number of alkyl carbamates (subject to hydrolysis) is 1. The number of aryl methyl sites for hydroxylation is 1. The van der Waals surface area contributed by atoms with E-state index in [9.17, 15) is 33.9 Å². The van der Waals surface area contributed by atoms with E-state index in [-0.39, 0.29) is 60.0 Å². The van der Waals surface area contributed by atoms with Crippen molar-refractivity contribution in [3.63, 3.8) is 0 Å². The van der Waals surface area contributed by atoms with Crippen LogP contribution in [-0.2, 0) is 35.0 Å². The van der Waals surface area contributed by atoms with Crippen LogP contribution in [0.15, 0.2) is 55.1 Å². The number of carbonyl (C=O) groups excluding carboxylic acids is 6. The molecule has 2 amide bonds. The van der Waals surface area contributed by atoms with Crippen LogP contribution in [0, 0.1) is 24.2 Å². The van der Waals surface area contributed by atoms with Crippen molar-refractivity contribution < 1.29 is 52.8 Å². The highest BCUT2D eigenvalue weighted by Crippen LogP contribution is 2.32. The number of amidine groups is 1. The van der Waals surface area contributed by atoms with Crippen LogP contribution in [0.25, 0.3) is 17.2 Å². The highest BCUT2D eigenvalue weighted by atomic mass is 16.7. The first-order chi connectivity index (χ1) is 28.3. The van der Waals surface area contributed by atoms with E-state index in [0.717, 1.165) is 18.4 Å². The minimum absolute atomic E-state index is 0.0190. The topological polar surface area (TPSA) is 220 Å². The fourth-order valence-electron chi connectivity index (χ4n) is 5.75. The zero-order valence-electron chi connectivity index (χ0n) is 35.1. The third kappa shape index (κ3) is 13.7. The van der Waals surface area contributed by atoms with Crippen LogP contribution in [0.5, 0.6) is 0 Å². The Hall–Kier alpha value is -6.22. The Morgan fingerprint density at radius 1 is 0.967 bits per heavy atom. The zero-order valence-corrected chi connectivity index (χ0v) is 35.1. The van der Waals surface area contributed by atoms with Crippen LogP contribution in [0.3, 0.4) is 0 Å². The van der Waals surface area contributed by atoms with E-state index in [4.69, 9.17) is 24.4 Å². The number of nitrogens with one attached hydrogen (secondary N) is 3. The quantitative estimate of drug-likeness (QED) is 0.0205. The third-order valence-corrected chi connectivity index (χ3v) is 9.18. The average molecular weight is 827 g/mol. The number of esters is 3. The van der Waals surface area contributed by atoms with Gasteiger partial charge in [0.1, 0.15) is 17.1 Å². The minimum atomic E-state index is -1.36. The third-order valence-electron chi connectivity index (χ3n) is 9.18. The summed E-state index contributed by atoms with van der Waals surface area (Å²) >= 11 is 0. The summed E-state index contributed by atoms with van der Waals surface area (Å²) in [6, 6.07) is 12.8. The molecule has 1 unspecified atom stereocenters. The largest absolute Gasteiger partial charge is 0.458 e. The number of amides is 2. The smallest absolute Gasteiger partial charge is 0.412 e. The van der Waals surface area contributed by atoms with Gasteiger partial charge in [0.2, 0.25) is 6.29 Å². The average Bonchev–Trinajstić information content (AvgIpc) is 4.02. The van der Waals surface area contributed by atoms with E-state index in [1.54, 1.807) is 77.1 Å². The van der Waals surface area contributed by atoms with E-state index in [0.29, 0.717) is 34.7 Å². The van der Waals surface area contributed by atoms with E-state index in [1.807, 2.05) is 6.92 Å². The van der Waals surface area contributed by atoms with E-state index < -0.39 is 53.8 Å². The molecule has 0 bridgehead atoms. The molecule has 4 N–H and O–H groups in total. The Morgan fingerprint density at radius 3 is 2.27 bits per heavy atom. The summed E-state index contributed by atoms with van der Waals surface area (Å²) in [6.45, 7) is 15.8. The summed E-state index contributed by atoms with van der Waals surface area (Å²) in [5.74, 6) is -3.46. The van der Waals surface area contributed by atoms with Crippen LogP contribution in [-0.4, -0.2) is 82.8 Å². The second-order valence-corrected chi connectivity index (χ2v) is 15.9. The Kier molecular flexibility index (Phi) is 16.0. The van der Waals surface area contributed by atoms with Gasteiger partial charge in [-0.05, 0) is 99.7 Å². The van der Waals surface area contributed by atoms with Crippen molar-refractivity contribution in [2.24, 2.45) is 11.8 Å². The van der Waals surface area contributed by atoms with Crippen molar-refractivity contribution >= 4 is 47.6 Å². The molecule has 15 nitrogen and oxygen atoms in total. The first kappa shape index (κ1) is 46.5. The molecule has 1 heterocycles. The molecule has 0 aliphatic heterocycles. The first-order valence-corrected chi connectivity index (χ1v) is 19.8. The van der Waals surface area contributed by atoms with Crippen molar-refractivity contribution in [3.05, 3.63) is 94.3 Å².